The fraction of sp³-hybridized carbons (Fsp3) is 0.429. The van der Waals surface area contributed by atoms with Crippen LogP contribution in [0.1, 0.15) is 53.9 Å². The van der Waals surface area contributed by atoms with E-state index in [1.165, 1.54) is 17.0 Å². The number of likely N-dealkylation sites (tertiary alicyclic amines) is 1. The average Bonchev–Trinajstić information content (AvgIpc) is 3.49. The van der Waals surface area contributed by atoms with E-state index in [4.69, 9.17) is 0 Å². The fourth-order valence-corrected chi connectivity index (χ4v) is 4.98. The van der Waals surface area contributed by atoms with Gasteiger partial charge in [0.1, 0.15) is 11.9 Å². The molecule has 0 bridgehead atoms. The number of aromatic nitrogens is 3. The van der Waals surface area contributed by atoms with Crippen molar-refractivity contribution in [2.45, 2.75) is 56.0 Å². The van der Waals surface area contributed by atoms with Crippen LogP contribution in [0.2, 0.25) is 0 Å². The summed E-state index contributed by atoms with van der Waals surface area (Å²) < 4.78 is 42.1. The summed E-state index contributed by atoms with van der Waals surface area (Å²) in [4.78, 5) is 27.8. The van der Waals surface area contributed by atoms with E-state index in [0.29, 0.717) is 30.9 Å². The van der Waals surface area contributed by atoms with E-state index in [0.717, 1.165) is 17.7 Å². The molecular weight excluding hydrogens is 509 g/mol. The Labute approximate surface area is 224 Å². The molecule has 1 aromatic heterocycles. The summed E-state index contributed by atoms with van der Waals surface area (Å²) in [5.74, 6) is -3.44. The number of benzene rings is 2. The van der Waals surface area contributed by atoms with Crippen LogP contribution >= 0.6 is 0 Å². The summed E-state index contributed by atoms with van der Waals surface area (Å²) in [5.41, 5.74) is 2.20. The minimum absolute atomic E-state index is 0.0372. The molecule has 2 aromatic carbocycles. The number of rotatable bonds is 10. The van der Waals surface area contributed by atoms with Crippen molar-refractivity contribution >= 4 is 11.8 Å². The van der Waals surface area contributed by atoms with Gasteiger partial charge in [0.25, 0.3) is 11.8 Å². The average molecular weight is 541 g/mol. The third kappa shape index (κ3) is 6.83. The van der Waals surface area contributed by atoms with Gasteiger partial charge < -0.3 is 15.5 Å². The summed E-state index contributed by atoms with van der Waals surface area (Å²) in [6.45, 7) is 0.557. The molecule has 1 saturated carbocycles. The van der Waals surface area contributed by atoms with E-state index >= 15 is 0 Å². The van der Waals surface area contributed by atoms with Crippen LogP contribution in [0.25, 0.3) is 5.69 Å². The smallest absolute Gasteiger partial charge is 0.251 e. The first kappa shape index (κ1) is 26.9. The Bertz CT molecular complexity index is 1260. The molecule has 8 nitrogen and oxygen atoms in total. The van der Waals surface area contributed by atoms with Gasteiger partial charge >= 0.3 is 0 Å². The second-order valence-electron chi connectivity index (χ2n) is 10.2. The summed E-state index contributed by atoms with van der Waals surface area (Å²) in [6, 6.07) is 12.7. The highest BCUT2D eigenvalue weighted by Crippen LogP contribution is 2.40. The highest BCUT2D eigenvalue weighted by atomic mass is 19.3. The zero-order valence-electron chi connectivity index (χ0n) is 21.4. The number of carbonyl (C=O) groups excluding carboxylic acids is 2. The van der Waals surface area contributed by atoms with Crippen LogP contribution in [0.15, 0.2) is 60.9 Å². The van der Waals surface area contributed by atoms with Gasteiger partial charge in [0.05, 0.1) is 18.1 Å². The molecule has 1 aliphatic carbocycles. The summed E-state index contributed by atoms with van der Waals surface area (Å²) >= 11 is 0. The second kappa shape index (κ2) is 11.6. The number of carbonyl (C=O) groups is 2. The Morgan fingerprint density at radius 1 is 1.05 bits per heavy atom. The predicted molar refractivity (Wildman–Crippen MR) is 138 cm³/mol. The molecule has 5 rings (SSSR count). The SMILES string of the molecule is O=C(N[C@@H](CCCN[C@@H]1C[C@H]1c1ccc(F)cc1)C(=O)N1CCC(F)(F)CC1)c1ccc(-n2ccnn2)cc1. The predicted octanol–water partition coefficient (Wildman–Crippen LogP) is 3.69. The van der Waals surface area contributed by atoms with Gasteiger partial charge in [0, 0.05) is 43.5 Å². The Morgan fingerprint density at radius 2 is 1.77 bits per heavy atom. The molecule has 2 N–H and O–H groups in total. The number of nitrogens with one attached hydrogen (secondary N) is 2. The van der Waals surface area contributed by atoms with Crippen LogP contribution in [-0.4, -0.2) is 69.3 Å². The molecule has 2 aliphatic rings. The van der Waals surface area contributed by atoms with E-state index in [-0.39, 0.29) is 43.7 Å². The van der Waals surface area contributed by atoms with Gasteiger partial charge in [-0.05, 0) is 67.8 Å². The van der Waals surface area contributed by atoms with Gasteiger partial charge in [-0.2, -0.15) is 0 Å². The van der Waals surface area contributed by atoms with Gasteiger partial charge in [0.2, 0.25) is 5.91 Å². The first-order valence-electron chi connectivity index (χ1n) is 13.2. The lowest BCUT2D eigenvalue weighted by Gasteiger charge is -2.34. The number of nitrogens with zero attached hydrogens (tertiary/aromatic N) is 4. The monoisotopic (exact) mass is 540 g/mol. The first-order chi connectivity index (χ1) is 18.8. The van der Waals surface area contributed by atoms with E-state index < -0.39 is 17.9 Å². The number of hydrogen-bond donors (Lipinski definition) is 2. The molecule has 0 unspecified atom stereocenters. The maximum atomic E-state index is 13.7. The summed E-state index contributed by atoms with van der Waals surface area (Å²) in [5, 5.41) is 14.0. The third-order valence-corrected chi connectivity index (χ3v) is 7.39. The van der Waals surface area contributed by atoms with Gasteiger partial charge in [-0.15, -0.1) is 5.10 Å². The molecule has 2 fully saturated rings. The molecule has 0 radical (unpaired) electrons. The second-order valence-corrected chi connectivity index (χ2v) is 10.2. The molecule has 2 amide bonds. The lowest BCUT2D eigenvalue weighted by Crippen LogP contribution is -2.52. The van der Waals surface area contributed by atoms with Crippen LogP contribution in [0.5, 0.6) is 0 Å². The standard InChI is InChI=1S/C28H31F3N6O2/c29-21-7-3-19(4-8-21)23-18-25(23)32-13-1-2-24(27(39)36-15-11-28(30,31)12-16-36)34-26(38)20-5-9-22(10-6-20)37-17-14-33-35-37/h3-10,14,17,23-25,32H,1-2,11-13,15-16,18H2,(H,34,38)/t23-,24-,25+/m0/s1. The number of halogens is 3. The maximum absolute atomic E-state index is 13.7. The van der Waals surface area contributed by atoms with Crippen molar-refractivity contribution in [3.63, 3.8) is 0 Å². The fourth-order valence-electron chi connectivity index (χ4n) is 4.98. The molecule has 39 heavy (non-hydrogen) atoms. The van der Waals surface area contributed by atoms with Crippen LogP contribution in [-0.2, 0) is 4.79 Å². The van der Waals surface area contributed by atoms with Crippen molar-refractivity contribution in [3.8, 4) is 5.69 Å². The molecule has 206 valence electrons. The van der Waals surface area contributed by atoms with Gasteiger partial charge in [-0.1, -0.05) is 17.3 Å². The van der Waals surface area contributed by atoms with Crippen LogP contribution in [0, 0.1) is 5.82 Å². The largest absolute Gasteiger partial charge is 0.340 e. The molecule has 1 aliphatic heterocycles. The molecule has 2 heterocycles. The summed E-state index contributed by atoms with van der Waals surface area (Å²) in [7, 11) is 0. The van der Waals surface area contributed by atoms with Gasteiger partial charge in [0.15, 0.2) is 0 Å². The van der Waals surface area contributed by atoms with Crippen molar-refractivity contribution in [2.75, 3.05) is 19.6 Å². The molecule has 0 spiro atoms. The van der Waals surface area contributed by atoms with Crippen LogP contribution < -0.4 is 10.6 Å². The zero-order valence-corrected chi connectivity index (χ0v) is 21.4. The molecule has 11 heteroatoms. The Balaban J connectivity index is 1.17. The lowest BCUT2D eigenvalue weighted by atomic mass is 10.0. The van der Waals surface area contributed by atoms with E-state index in [2.05, 4.69) is 20.9 Å². The van der Waals surface area contributed by atoms with E-state index in [9.17, 15) is 22.8 Å². The topological polar surface area (TPSA) is 92.2 Å². The van der Waals surface area contributed by atoms with Crippen molar-refractivity contribution < 1.29 is 22.8 Å². The van der Waals surface area contributed by atoms with E-state index in [1.807, 2.05) is 0 Å². The van der Waals surface area contributed by atoms with Gasteiger partial charge in [-0.25, -0.2) is 17.9 Å². The van der Waals surface area contributed by atoms with Crippen LogP contribution in [0.3, 0.4) is 0 Å². The van der Waals surface area contributed by atoms with Crippen molar-refractivity contribution in [2.24, 2.45) is 0 Å². The normalized spacial score (nSPS) is 20.8. The minimum atomic E-state index is -2.77. The number of alkyl halides is 2. The lowest BCUT2D eigenvalue weighted by molar-refractivity contribution is -0.139. The zero-order chi connectivity index (χ0) is 27.4. The summed E-state index contributed by atoms with van der Waals surface area (Å²) in [6.07, 6.45) is 4.41. The van der Waals surface area contributed by atoms with Crippen LogP contribution in [0.4, 0.5) is 13.2 Å². The van der Waals surface area contributed by atoms with Gasteiger partial charge in [-0.3, -0.25) is 9.59 Å². The van der Waals surface area contributed by atoms with Crippen molar-refractivity contribution in [1.29, 1.82) is 0 Å². The number of hydrogen-bond acceptors (Lipinski definition) is 5. The Hall–Kier alpha value is -3.73. The van der Waals surface area contributed by atoms with Crippen molar-refractivity contribution in [3.05, 3.63) is 77.9 Å². The maximum Gasteiger partial charge on any atom is 0.251 e. The molecule has 3 atom stereocenters. The van der Waals surface area contributed by atoms with E-state index in [1.54, 1.807) is 53.5 Å². The molecular formula is C28H31F3N6O2. The Morgan fingerprint density at radius 3 is 2.44 bits per heavy atom. The molecule has 3 aromatic rings. The minimum Gasteiger partial charge on any atom is -0.340 e. The number of piperidine rings is 1. The highest BCUT2D eigenvalue weighted by molar-refractivity contribution is 5.97. The first-order valence-corrected chi connectivity index (χ1v) is 13.2. The van der Waals surface area contributed by atoms with Crippen molar-refractivity contribution in [1.82, 2.24) is 30.5 Å². The highest BCUT2D eigenvalue weighted by Gasteiger charge is 2.39. The molecule has 1 saturated heterocycles. The third-order valence-electron chi connectivity index (χ3n) is 7.39. The number of amides is 2. The quantitative estimate of drug-likeness (QED) is 0.383. The Kier molecular flexibility index (Phi) is 7.97.